The van der Waals surface area contributed by atoms with Gasteiger partial charge in [0.2, 0.25) is 0 Å². The lowest BCUT2D eigenvalue weighted by atomic mass is 10.1. The lowest BCUT2D eigenvalue weighted by Crippen LogP contribution is -2.49. The molecular formula is C23H24F3N3O5. The molecule has 0 N–H and O–H groups in total. The van der Waals surface area contributed by atoms with Gasteiger partial charge in [-0.05, 0) is 30.3 Å². The second-order valence-corrected chi connectivity index (χ2v) is 8.19. The Morgan fingerprint density at radius 1 is 1.03 bits per heavy atom. The van der Waals surface area contributed by atoms with Gasteiger partial charge in [-0.15, -0.1) is 0 Å². The van der Waals surface area contributed by atoms with Gasteiger partial charge >= 0.3 is 6.18 Å². The average molecular weight is 479 g/mol. The number of halogens is 3. The molecule has 0 spiro atoms. The Morgan fingerprint density at radius 3 is 2.26 bits per heavy atom. The molecule has 2 aliphatic heterocycles. The van der Waals surface area contributed by atoms with E-state index in [0.29, 0.717) is 63.7 Å². The van der Waals surface area contributed by atoms with E-state index in [2.05, 4.69) is 0 Å². The van der Waals surface area contributed by atoms with Crippen molar-refractivity contribution in [3.63, 3.8) is 0 Å². The van der Waals surface area contributed by atoms with E-state index in [1.807, 2.05) is 4.90 Å². The van der Waals surface area contributed by atoms with Crippen LogP contribution in [0.1, 0.15) is 28.8 Å². The fourth-order valence-corrected chi connectivity index (χ4v) is 4.07. The number of benzene rings is 2. The van der Waals surface area contributed by atoms with Gasteiger partial charge in [0, 0.05) is 56.8 Å². The summed E-state index contributed by atoms with van der Waals surface area (Å²) in [4.78, 5) is 27.5. The van der Waals surface area contributed by atoms with Gasteiger partial charge in [-0.3, -0.25) is 14.9 Å². The van der Waals surface area contributed by atoms with Gasteiger partial charge in [-0.2, -0.15) is 13.2 Å². The van der Waals surface area contributed by atoms with Crippen LogP contribution in [0.4, 0.5) is 24.5 Å². The van der Waals surface area contributed by atoms with E-state index in [0.717, 1.165) is 12.1 Å². The van der Waals surface area contributed by atoms with Gasteiger partial charge in [-0.25, -0.2) is 0 Å². The Labute approximate surface area is 194 Å². The molecule has 0 saturated carbocycles. The predicted octanol–water partition coefficient (Wildman–Crippen LogP) is 4.13. The number of nitro benzene ring substituents is 1. The summed E-state index contributed by atoms with van der Waals surface area (Å²) in [6.07, 6.45) is -3.21. The van der Waals surface area contributed by atoms with Crippen LogP contribution in [-0.2, 0) is 10.9 Å². The van der Waals surface area contributed by atoms with Crippen molar-refractivity contribution in [2.75, 3.05) is 44.3 Å². The number of non-ortho nitro benzene ring substituents is 1. The molecule has 2 aromatic rings. The molecule has 0 aromatic heterocycles. The summed E-state index contributed by atoms with van der Waals surface area (Å²) in [5.74, 6) is -0.0782. The zero-order valence-corrected chi connectivity index (χ0v) is 18.3. The van der Waals surface area contributed by atoms with Crippen molar-refractivity contribution < 1.29 is 32.4 Å². The highest BCUT2D eigenvalue weighted by atomic mass is 19.4. The SMILES string of the molecule is O=C(c1cc([N+](=O)[O-])ccc1OC1CCOCC1)N1CCN(c2ccc(C(F)(F)F)cc2)CC1. The summed E-state index contributed by atoms with van der Waals surface area (Å²) in [6, 6.07) is 8.92. The Kier molecular flexibility index (Phi) is 6.92. The molecule has 0 radical (unpaired) electrons. The van der Waals surface area contributed by atoms with E-state index in [9.17, 15) is 28.1 Å². The van der Waals surface area contributed by atoms with E-state index in [4.69, 9.17) is 9.47 Å². The second-order valence-electron chi connectivity index (χ2n) is 8.19. The van der Waals surface area contributed by atoms with Gasteiger partial charge < -0.3 is 19.3 Å². The molecule has 2 aromatic carbocycles. The molecule has 182 valence electrons. The Hall–Kier alpha value is -3.34. The molecule has 2 heterocycles. The van der Waals surface area contributed by atoms with Gasteiger partial charge in [0.25, 0.3) is 11.6 Å². The molecule has 1 amide bonds. The highest BCUT2D eigenvalue weighted by Crippen LogP contribution is 2.31. The standard InChI is InChI=1S/C23H24F3N3O5/c24-23(25,26)16-1-3-17(4-2-16)27-9-11-28(12-10-27)22(30)20-15-18(29(31)32)5-6-21(20)34-19-7-13-33-14-8-19/h1-6,15,19H,7-14H2. The molecule has 2 saturated heterocycles. The van der Waals surface area contributed by atoms with Crippen LogP contribution in [-0.4, -0.2) is 61.2 Å². The fourth-order valence-electron chi connectivity index (χ4n) is 4.07. The Bertz CT molecular complexity index is 1030. The number of nitro groups is 1. The minimum Gasteiger partial charge on any atom is -0.489 e. The largest absolute Gasteiger partial charge is 0.489 e. The van der Waals surface area contributed by atoms with Crippen molar-refractivity contribution in [2.24, 2.45) is 0 Å². The first kappa shape index (κ1) is 23.8. The first-order chi connectivity index (χ1) is 16.2. The minimum atomic E-state index is -4.40. The molecular weight excluding hydrogens is 455 g/mol. The van der Waals surface area contributed by atoms with Crippen LogP contribution in [0, 0.1) is 10.1 Å². The van der Waals surface area contributed by atoms with Crippen LogP contribution < -0.4 is 9.64 Å². The molecule has 11 heteroatoms. The van der Waals surface area contributed by atoms with Crippen LogP contribution in [0.15, 0.2) is 42.5 Å². The van der Waals surface area contributed by atoms with Crippen LogP contribution in [0.2, 0.25) is 0 Å². The summed E-state index contributed by atoms with van der Waals surface area (Å²) in [5.41, 5.74) is -0.151. The summed E-state index contributed by atoms with van der Waals surface area (Å²) in [5, 5.41) is 11.3. The number of ether oxygens (including phenoxy) is 2. The second kappa shape index (κ2) is 9.88. The van der Waals surface area contributed by atoms with Crippen molar-refractivity contribution >= 4 is 17.3 Å². The molecule has 2 fully saturated rings. The van der Waals surface area contributed by atoms with Crippen molar-refractivity contribution in [2.45, 2.75) is 25.1 Å². The predicted molar refractivity (Wildman–Crippen MR) is 117 cm³/mol. The summed E-state index contributed by atoms with van der Waals surface area (Å²) < 4.78 is 49.8. The molecule has 34 heavy (non-hydrogen) atoms. The molecule has 0 unspecified atom stereocenters. The van der Waals surface area contributed by atoms with E-state index in [-0.39, 0.29) is 23.3 Å². The lowest BCUT2D eigenvalue weighted by molar-refractivity contribution is -0.384. The number of hydrogen-bond donors (Lipinski definition) is 0. The molecule has 8 nitrogen and oxygen atoms in total. The molecule has 0 atom stereocenters. The third-order valence-corrected chi connectivity index (χ3v) is 5.99. The summed E-state index contributed by atoms with van der Waals surface area (Å²) in [7, 11) is 0. The maximum absolute atomic E-state index is 13.3. The van der Waals surface area contributed by atoms with Crippen LogP contribution >= 0.6 is 0 Å². The maximum atomic E-state index is 13.3. The lowest BCUT2D eigenvalue weighted by Gasteiger charge is -2.36. The zero-order chi connectivity index (χ0) is 24.3. The number of piperazine rings is 1. The monoisotopic (exact) mass is 479 g/mol. The fraction of sp³-hybridized carbons (Fsp3) is 0.435. The Morgan fingerprint density at radius 2 is 1.68 bits per heavy atom. The number of carbonyl (C=O) groups excluding carboxylic acids is 1. The molecule has 2 aliphatic rings. The molecule has 0 aliphatic carbocycles. The molecule has 4 rings (SSSR count). The van der Waals surface area contributed by atoms with Crippen LogP contribution in [0.25, 0.3) is 0 Å². The summed E-state index contributed by atoms with van der Waals surface area (Å²) >= 11 is 0. The van der Waals surface area contributed by atoms with E-state index in [1.165, 1.54) is 30.3 Å². The number of alkyl halides is 3. The highest BCUT2D eigenvalue weighted by Gasteiger charge is 2.31. The van der Waals surface area contributed by atoms with Crippen molar-refractivity contribution in [3.8, 4) is 5.75 Å². The van der Waals surface area contributed by atoms with Gasteiger partial charge in [-0.1, -0.05) is 0 Å². The third kappa shape index (κ3) is 5.41. The maximum Gasteiger partial charge on any atom is 0.416 e. The number of carbonyl (C=O) groups is 1. The van der Waals surface area contributed by atoms with Crippen molar-refractivity contribution in [1.29, 1.82) is 0 Å². The van der Waals surface area contributed by atoms with E-state index >= 15 is 0 Å². The van der Waals surface area contributed by atoms with Crippen LogP contribution in [0.3, 0.4) is 0 Å². The number of amides is 1. The highest BCUT2D eigenvalue weighted by molar-refractivity contribution is 5.97. The minimum absolute atomic E-state index is 0.128. The quantitative estimate of drug-likeness (QED) is 0.474. The molecule has 0 bridgehead atoms. The zero-order valence-electron chi connectivity index (χ0n) is 18.3. The Balaban J connectivity index is 1.46. The van der Waals surface area contributed by atoms with Crippen molar-refractivity contribution in [1.82, 2.24) is 4.90 Å². The third-order valence-electron chi connectivity index (χ3n) is 5.99. The number of rotatable bonds is 5. The summed E-state index contributed by atoms with van der Waals surface area (Å²) in [6.45, 7) is 2.57. The first-order valence-electron chi connectivity index (χ1n) is 11.0. The van der Waals surface area contributed by atoms with E-state index < -0.39 is 16.7 Å². The van der Waals surface area contributed by atoms with Gasteiger partial charge in [0.05, 0.1) is 29.3 Å². The van der Waals surface area contributed by atoms with E-state index in [1.54, 1.807) is 4.90 Å². The number of anilines is 1. The number of hydrogen-bond acceptors (Lipinski definition) is 6. The smallest absolute Gasteiger partial charge is 0.416 e. The van der Waals surface area contributed by atoms with Crippen molar-refractivity contribution in [3.05, 3.63) is 63.7 Å². The van der Waals surface area contributed by atoms with Gasteiger partial charge in [0.15, 0.2) is 0 Å². The first-order valence-corrected chi connectivity index (χ1v) is 11.0. The average Bonchev–Trinajstić information content (AvgIpc) is 2.84. The number of nitrogens with zero attached hydrogens (tertiary/aromatic N) is 3. The normalized spacial score (nSPS) is 17.5. The topological polar surface area (TPSA) is 85.1 Å². The van der Waals surface area contributed by atoms with Crippen LogP contribution in [0.5, 0.6) is 5.75 Å². The van der Waals surface area contributed by atoms with Gasteiger partial charge in [0.1, 0.15) is 11.9 Å².